The zero-order valence-electron chi connectivity index (χ0n) is 11.2. The zero-order chi connectivity index (χ0) is 12.4. The lowest BCUT2D eigenvalue weighted by Gasteiger charge is -2.22. The van der Waals surface area contributed by atoms with Crippen LogP contribution in [-0.4, -0.2) is 37.0 Å². The number of halogens is 1. The molecule has 5 heteroatoms. The van der Waals surface area contributed by atoms with Crippen molar-refractivity contribution in [3.63, 3.8) is 0 Å². The predicted molar refractivity (Wildman–Crippen MR) is 73.4 cm³/mol. The maximum atomic E-state index is 12.2. The van der Waals surface area contributed by atoms with Crippen molar-refractivity contribution in [3.05, 3.63) is 23.2 Å². The second kappa shape index (κ2) is 6.25. The van der Waals surface area contributed by atoms with E-state index in [0.29, 0.717) is 5.76 Å². The number of likely N-dealkylation sites (N-methyl/N-ethyl adjacent to an activating group) is 1. The van der Waals surface area contributed by atoms with Gasteiger partial charge in [0.1, 0.15) is 5.76 Å². The fourth-order valence-corrected chi connectivity index (χ4v) is 2.29. The molecule has 1 amide bonds. The van der Waals surface area contributed by atoms with Crippen molar-refractivity contribution >= 4 is 18.3 Å². The highest BCUT2D eigenvalue weighted by molar-refractivity contribution is 5.91. The van der Waals surface area contributed by atoms with Gasteiger partial charge in [-0.2, -0.15) is 0 Å². The van der Waals surface area contributed by atoms with Crippen molar-refractivity contribution in [2.24, 2.45) is 0 Å². The lowest BCUT2D eigenvalue weighted by atomic mass is 10.2. The summed E-state index contributed by atoms with van der Waals surface area (Å²) in [6.07, 6.45) is 1.84. The number of nitrogens with zero attached hydrogens (tertiary/aromatic N) is 1. The summed E-state index contributed by atoms with van der Waals surface area (Å²) >= 11 is 0. The molecular formula is C13H21ClN2O2. The molecule has 1 aliphatic rings. The number of nitrogens with one attached hydrogen (secondary N) is 1. The molecule has 0 aromatic carbocycles. The highest BCUT2D eigenvalue weighted by atomic mass is 35.5. The summed E-state index contributed by atoms with van der Waals surface area (Å²) in [6, 6.07) is 2.14. The molecule has 1 aromatic heterocycles. The van der Waals surface area contributed by atoms with Gasteiger partial charge in [0.25, 0.3) is 5.91 Å². The molecule has 2 rings (SSSR count). The van der Waals surface area contributed by atoms with Crippen molar-refractivity contribution in [2.75, 3.05) is 20.1 Å². The number of hydrogen-bond donors (Lipinski definition) is 1. The Bertz CT molecular complexity index is 411. The van der Waals surface area contributed by atoms with Gasteiger partial charge in [-0.15, -0.1) is 12.4 Å². The number of rotatable bonds is 3. The molecule has 1 unspecified atom stereocenters. The van der Waals surface area contributed by atoms with Crippen LogP contribution in [0.4, 0.5) is 0 Å². The van der Waals surface area contributed by atoms with Crippen molar-refractivity contribution in [2.45, 2.75) is 32.7 Å². The molecule has 1 aliphatic heterocycles. The van der Waals surface area contributed by atoms with Gasteiger partial charge in [0.05, 0.1) is 0 Å². The van der Waals surface area contributed by atoms with Crippen LogP contribution in [0.1, 0.15) is 35.2 Å². The van der Waals surface area contributed by atoms with E-state index >= 15 is 0 Å². The summed E-state index contributed by atoms with van der Waals surface area (Å²) in [7, 11) is 1.85. The SMILES string of the molecule is CCc1oc(C(=O)N(C)C2CCNC2)cc1C.Cl. The Labute approximate surface area is 114 Å². The largest absolute Gasteiger partial charge is 0.456 e. The van der Waals surface area contributed by atoms with Crippen LogP contribution in [0.5, 0.6) is 0 Å². The third kappa shape index (κ3) is 2.87. The number of carbonyl (C=O) groups excluding carboxylic acids is 1. The van der Waals surface area contributed by atoms with E-state index < -0.39 is 0 Å². The molecule has 4 nitrogen and oxygen atoms in total. The molecule has 0 saturated carbocycles. The molecule has 1 N–H and O–H groups in total. The van der Waals surface area contributed by atoms with E-state index in [1.54, 1.807) is 4.90 Å². The summed E-state index contributed by atoms with van der Waals surface area (Å²) in [5.74, 6) is 1.36. The van der Waals surface area contributed by atoms with E-state index in [4.69, 9.17) is 4.42 Å². The molecule has 1 aromatic rings. The summed E-state index contributed by atoms with van der Waals surface area (Å²) in [5.41, 5.74) is 1.06. The third-order valence-electron chi connectivity index (χ3n) is 3.45. The van der Waals surface area contributed by atoms with E-state index in [-0.39, 0.29) is 24.4 Å². The van der Waals surface area contributed by atoms with Crippen molar-refractivity contribution in [1.82, 2.24) is 10.2 Å². The van der Waals surface area contributed by atoms with Crippen molar-refractivity contribution in [3.8, 4) is 0 Å². The van der Waals surface area contributed by atoms with E-state index in [0.717, 1.165) is 37.3 Å². The first kappa shape index (κ1) is 15.1. The van der Waals surface area contributed by atoms with Crippen molar-refractivity contribution in [1.29, 1.82) is 0 Å². The Hall–Kier alpha value is -1.00. The van der Waals surface area contributed by atoms with Crippen LogP contribution in [0.25, 0.3) is 0 Å². The molecule has 18 heavy (non-hydrogen) atoms. The van der Waals surface area contributed by atoms with Crippen LogP contribution in [0.3, 0.4) is 0 Å². The monoisotopic (exact) mass is 272 g/mol. The smallest absolute Gasteiger partial charge is 0.289 e. The average molecular weight is 273 g/mol. The third-order valence-corrected chi connectivity index (χ3v) is 3.45. The Morgan fingerprint density at radius 2 is 2.33 bits per heavy atom. The summed E-state index contributed by atoms with van der Waals surface area (Å²) < 4.78 is 5.59. The normalized spacial score (nSPS) is 18.5. The number of furan rings is 1. The molecule has 1 atom stereocenters. The van der Waals surface area contributed by atoms with Gasteiger partial charge in [-0.3, -0.25) is 4.79 Å². The molecule has 1 saturated heterocycles. The molecule has 0 spiro atoms. The van der Waals surface area contributed by atoms with Gasteiger partial charge in [-0.1, -0.05) is 6.92 Å². The molecule has 0 aliphatic carbocycles. The second-order valence-electron chi connectivity index (χ2n) is 4.63. The van der Waals surface area contributed by atoms with Gasteiger partial charge in [-0.25, -0.2) is 0 Å². The van der Waals surface area contributed by atoms with Gasteiger partial charge >= 0.3 is 0 Å². The van der Waals surface area contributed by atoms with Crippen LogP contribution in [0.15, 0.2) is 10.5 Å². The Morgan fingerprint density at radius 3 is 2.83 bits per heavy atom. The minimum atomic E-state index is -0.0125. The quantitative estimate of drug-likeness (QED) is 0.916. The summed E-state index contributed by atoms with van der Waals surface area (Å²) in [5, 5.41) is 3.26. The molecule has 0 bridgehead atoms. The maximum Gasteiger partial charge on any atom is 0.289 e. The molecule has 102 valence electrons. The highest BCUT2D eigenvalue weighted by Crippen LogP contribution is 2.18. The van der Waals surface area contributed by atoms with Crippen LogP contribution >= 0.6 is 12.4 Å². The minimum Gasteiger partial charge on any atom is -0.456 e. The topological polar surface area (TPSA) is 45.5 Å². The van der Waals surface area contributed by atoms with Crippen LogP contribution in [0, 0.1) is 6.92 Å². The Balaban J connectivity index is 0.00000162. The maximum absolute atomic E-state index is 12.2. The summed E-state index contributed by atoms with van der Waals surface area (Å²) in [4.78, 5) is 14.0. The van der Waals surface area contributed by atoms with Crippen LogP contribution < -0.4 is 5.32 Å². The van der Waals surface area contributed by atoms with E-state index in [2.05, 4.69) is 5.32 Å². The number of aryl methyl sites for hydroxylation is 2. The Kier molecular flexibility index (Phi) is 5.23. The van der Waals surface area contributed by atoms with E-state index in [1.807, 2.05) is 27.0 Å². The van der Waals surface area contributed by atoms with Crippen molar-refractivity contribution < 1.29 is 9.21 Å². The van der Waals surface area contributed by atoms with Gasteiger partial charge in [0, 0.05) is 26.1 Å². The molecule has 1 fully saturated rings. The van der Waals surface area contributed by atoms with Gasteiger partial charge in [-0.05, 0) is 31.5 Å². The predicted octanol–water partition coefficient (Wildman–Crippen LogP) is 2.01. The Morgan fingerprint density at radius 1 is 1.61 bits per heavy atom. The van der Waals surface area contributed by atoms with Crippen LogP contribution in [-0.2, 0) is 6.42 Å². The average Bonchev–Trinajstić information content (AvgIpc) is 2.95. The van der Waals surface area contributed by atoms with E-state index in [1.165, 1.54) is 0 Å². The first-order valence-electron chi connectivity index (χ1n) is 6.20. The van der Waals surface area contributed by atoms with Gasteiger partial charge < -0.3 is 14.6 Å². The number of carbonyl (C=O) groups is 1. The summed E-state index contributed by atoms with van der Waals surface area (Å²) in [6.45, 7) is 5.88. The fourth-order valence-electron chi connectivity index (χ4n) is 2.29. The molecule has 0 radical (unpaired) electrons. The fraction of sp³-hybridized carbons (Fsp3) is 0.615. The van der Waals surface area contributed by atoms with Gasteiger partial charge in [0.15, 0.2) is 5.76 Å². The number of amides is 1. The lowest BCUT2D eigenvalue weighted by Crippen LogP contribution is -2.38. The lowest BCUT2D eigenvalue weighted by molar-refractivity contribution is 0.0710. The minimum absolute atomic E-state index is 0. The van der Waals surface area contributed by atoms with Gasteiger partial charge in [0.2, 0.25) is 0 Å². The highest BCUT2D eigenvalue weighted by Gasteiger charge is 2.26. The standard InChI is InChI=1S/C13H20N2O2.ClH/c1-4-11-9(2)7-12(17-11)13(16)15(3)10-5-6-14-8-10;/h7,10,14H,4-6,8H2,1-3H3;1H. The van der Waals surface area contributed by atoms with Crippen LogP contribution in [0.2, 0.25) is 0 Å². The first-order valence-corrected chi connectivity index (χ1v) is 6.20. The second-order valence-corrected chi connectivity index (χ2v) is 4.63. The zero-order valence-corrected chi connectivity index (χ0v) is 12.0. The van der Waals surface area contributed by atoms with E-state index in [9.17, 15) is 4.79 Å². The first-order chi connectivity index (χ1) is 8.13. The molecule has 2 heterocycles. The molecular weight excluding hydrogens is 252 g/mol. The number of hydrogen-bond acceptors (Lipinski definition) is 3.